The zero-order valence-corrected chi connectivity index (χ0v) is 16.5. The van der Waals surface area contributed by atoms with Gasteiger partial charge in [-0.2, -0.15) is 0 Å². The number of benzene rings is 1. The molecule has 0 amide bonds. The van der Waals surface area contributed by atoms with E-state index >= 15 is 0 Å². The highest BCUT2D eigenvalue weighted by Gasteiger charge is 2.26. The van der Waals surface area contributed by atoms with Gasteiger partial charge in [-0.15, -0.1) is 0 Å². The van der Waals surface area contributed by atoms with E-state index in [0.717, 1.165) is 45.4 Å². The first kappa shape index (κ1) is 20.9. The van der Waals surface area contributed by atoms with Crippen LogP contribution in [-0.4, -0.2) is 58.5 Å². The third-order valence-electron chi connectivity index (χ3n) is 5.49. The Balaban J connectivity index is 1.28. The molecule has 0 radical (unpaired) electrons. The highest BCUT2D eigenvalue weighted by atomic mass is 16.5. The minimum absolute atomic E-state index is 0.120. The summed E-state index contributed by atoms with van der Waals surface area (Å²) in [6, 6.07) is 12.6. The normalized spacial score (nSPS) is 20.4. The van der Waals surface area contributed by atoms with Crippen molar-refractivity contribution in [1.82, 2.24) is 9.88 Å². The van der Waals surface area contributed by atoms with E-state index in [1.54, 1.807) is 0 Å². The van der Waals surface area contributed by atoms with Crippen molar-refractivity contribution in [2.75, 3.05) is 26.3 Å². The number of ether oxygens (including phenoxy) is 1. The van der Waals surface area contributed by atoms with Crippen LogP contribution in [-0.2, 0) is 11.3 Å². The molecule has 1 fully saturated rings. The van der Waals surface area contributed by atoms with Gasteiger partial charge in [0, 0.05) is 31.6 Å². The molecule has 3 rings (SSSR count). The molecule has 0 saturated carbocycles. The molecule has 1 saturated heterocycles. The van der Waals surface area contributed by atoms with E-state index in [1.807, 2.05) is 24.5 Å². The predicted octanol–water partition coefficient (Wildman–Crippen LogP) is 3.25. The number of aliphatic hydroxyl groups excluding tert-OH is 2. The standard InChI is InChI=1S/C23H32N2O3/c26-17-22-16-23(27)10-14-25(22)13-2-1-3-15-28-18-19-4-6-20(7-5-19)21-8-11-24-12-9-21/h4-9,11-12,22-23,26-27H,1-3,10,13-18H2. The molecular formula is C23H32N2O3. The Labute approximate surface area is 168 Å². The Bertz CT molecular complexity index is 678. The van der Waals surface area contributed by atoms with E-state index in [0.29, 0.717) is 13.0 Å². The van der Waals surface area contributed by atoms with E-state index in [-0.39, 0.29) is 18.8 Å². The Kier molecular flexibility index (Phi) is 8.42. The molecule has 2 heterocycles. The number of hydrogen-bond donors (Lipinski definition) is 2. The molecule has 1 aromatic heterocycles. The van der Waals surface area contributed by atoms with Gasteiger partial charge in [-0.05, 0) is 67.5 Å². The Morgan fingerprint density at radius 1 is 1.00 bits per heavy atom. The molecule has 2 unspecified atom stereocenters. The average Bonchev–Trinajstić information content (AvgIpc) is 2.75. The second-order valence-electron chi connectivity index (χ2n) is 7.60. The fourth-order valence-corrected chi connectivity index (χ4v) is 3.79. The van der Waals surface area contributed by atoms with Crippen molar-refractivity contribution in [3.05, 3.63) is 54.4 Å². The van der Waals surface area contributed by atoms with Crippen LogP contribution in [0.3, 0.4) is 0 Å². The fraction of sp³-hybridized carbons (Fsp3) is 0.522. The van der Waals surface area contributed by atoms with Gasteiger partial charge in [0.1, 0.15) is 0 Å². The SMILES string of the molecule is OCC1CC(O)CCN1CCCCCOCc1ccc(-c2ccncc2)cc1. The zero-order valence-electron chi connectivity index (χ0n) is 16.5. The lowest BCUT2D eigenvalue weighted by Gasteiger charge is -2.36. The largest absolute Gasteiger partial charge is 0.395 e. The zero-order chi connectivity index (χ0) is 19.6. The number of nitrogens with zero attached hydrogens (tertiary/aromatic N) is 2. The summed E-state index contributed by atoms with van der Waals surface area (Å²) in [5.74, 6) is 0. The van der Waals surface area contributed by atoms with E-state index in [9.17, 15) is 10.2 Å². The van der Waals surface area contributed by atoms with E-state index < -0.39 is 0 Å². The molecule has 28 heavy (non-hydrogen) atoms. The van der Waals surface area contributed by atoms with Crippen LogP contribution in [0.15, 0.2) is 48.8 Å². The van der Waals surface area contributed by atoms with Crippen LogP contribution in [0.5, 0.6) is 0 Å². The molecule has 1 aliphatic heterocycles. The number of piperidine rings is 1. The lowest BCUT2D eigenvalue weighted by Crippen LogP contribution is -2.46. The summed E-state index contributed by atoms with van der Waals surface area (Å²) in [4.78, 5) is 6.37. The van der Waals surface area contributed by atoms with Crippen LogP contribution in [0.4, 0.5) is 0 Å². The minimum atomic E-state index is -0.249. The van der Waals surface area contributed by atoms with Crippen molar-refractivity contribution in [2.24, 2.45) is 0 Å². The van der Waals surface area contributed by atoms with Crippen molar-refractivity contribution in [3.8, 4) is 11.1 Å². The first-order valence-corrected chi connectivity index (χ1v) is 10.4. The number of likely N-dealkylation sites (tertiary alicyclic amines) is 1. The molecule has 0 bridgehead atoms. The first-order valence-electron chi connectivity index (χ1n) is 10.4. The van der Waals surface area contributed by atoms with E-state index in [4.69, 9.17) is 4.74 Å². The van der Waals surface area contributed by atoms with Gasteiger partial charge in [0.25, 0.3) is 0 Å². The highest BCUT2D eigenvalue weighted by molar-refractivity contribution is 5.62. The quantitative estimate of drug-likeness (QED) is 0.616. The number of aliphatic hydroxyl groups is 2. The number of rotatable bonds is 10. The number of aromatic nitrogens is 1. The van der Waals surface area contributed by atoms with Crippen LogP contribution < -0.4 is 0 Å². The molecule has 0 aliphatic carbocycles. The van der Waals surface area contributed by atoms with Crippen LogP contribution in [0.25, 0.3) is 11.1 Å². The summed E-state index contributed by atoms with van der Waals surface area (Å²) in [5.41, 5.74) is 3.56. The lowest BCUT2D eigenvalue weighted by molar-refractivity contribution is 0.0160. The molecule has 1 aromatic carbocycles. The fourth-order valence-electron chi connectivity index (χ4n) is 3.79. The van der Waals surface area contributed by atoms with Gasteiger partial charge in [-0.25, -0.2) is 0 Å². The average molecular weight is 385 g/mol. The minimum Gasteiger partial charge on any atom is -0.395 e. The van der Waals surface area contributed by atoms with Crippen LogP contribution in [0, 0.1) is 0 Å². The number of hydrogen-bond acceptors (Lipinski definition) is 5. The third kappa shape index (κ3) is 6.38. The molecule has 2 atom stereocenters. The molecule has 1 aliphatic rings. The third-order valence-corrected chi connectivity index (χ3v) is 5.49. The summed E-state index contributed by atoms with van der Waals surface area (Å²) in [7, 11) is 0. The first-order chi connectivity index (χ1) is 13.8. The smallest absolute Gasteiger partial charge is 0.0716 e. The summed E-state index contributed by atoms with van der Waals surface area (Å²) in [6.45, 7) is 3.44. The molecular weight excluding hydrogens is 352 g/mol. The number of unbranched alkanes of at least 4 members (excludes halogenated alkanes) is 2. The second kappa shape index (κ2) is 11.3. The van der Waals surface area contributed by atoms with Crippen molar-refractivity contribution in [3.63, 3.8) is 0 Å². The van der Waals surface area contributed by atoms with Crippen molar-refractivity contribution in [2.45, 2.75) is 50.9 Å². The molecule has 2 N–H and O–H groups in total. The Morgan fingerprint density at radius 2 is 1.75 bits per heavy atom. The van der Waals surface area contributed by atoms with Crippen LogP contribution >= 0.6 is 0 Å². The maximum absolute atomic E-state index is 9.71. The molecule has 152 valence electrons. The molecule has 5 nitrogen and oxygen atoms in total. The molecule has 2 aromatic rings. The van der Waals surface area contributed by atoms with Gasteiger partial charge in [0.2, 0.25) is 0 Å². The van der Waals surface area contributed by atoms with Gasteiger partial charge < -0.3 is 14.9 Å². The highest BCUT2D eigenvalue weighted by Crippen LogP contribution is 2.19. The van der Waals surface area contributed by atoms with E-state index in [2.05, 4.69) is 34.1 Å². The van der Waals surface area contributed by atoms with Crippen molar-refractivity contribution in [1.29, 1.82) is 0 Å². The van der Waals surface area contributed by atoms with Crippen molar-refractivity contribution >= 4 is 0 Å². The van der Waals surface area contributed by atoms with E-state index in [1.165, 1.54) is 16.7 Å². The summed E-state index contributed by atoms with van der Waals surface area (Å²) in [5, 5.41) is 19.2. The Morgan fingerprint density at radius 3 is 2.50 bits per heavy atom. The van der Waals surface area contributed by atoms with Crippen molar-refractivity contribution < 1.29 is 14.9 Å². The number of pyridine rings is 1. The summed E-state index contributed by atoms with van der Waals surface area (Å²) in [6.07, 6.45) is 8.17. The van der Waals surface area contributed by atoms with Gasteiger partial charge >= 0.3 is 0 Å². The topological polar surface area (TPSA) is 65.8 Å². The predicted molar refractivity (Wildman–Crippen MR) is 111 cm³/mol. The maximum atomic E-state index is 9.71. The summed E-state index contributed by atoms with van der Waals surface area (Å²) < 4.78 is 5.82. The second-order valence-corrected chi connectivity index (χ2v) is 7.60. The van der Waals surface area contributed by atoms with Crippen LogP contribution in [0.1, 0.15) is 37.7 Å². The van der Waals surface area contributed by atoms with Gasteiger partial charge in [0.05, 0.1) is 19.3 Å². The Hall–Kier alpha value is -1.79. The van der Waals surface area contributed by atoms with Gasteiger partial charge in [-0.1, -0.05) is 24.3 Å². The van der Waals surface area contributed by atoms with Crippen LogP contribution in [0.2, 0.25) is 0 Å². The molecule has 5 heteroatoms. The van der Waals surface area contributed by atoms with Gasteiger partial charge in [0.15, 0.2) is 0 Å². The molecule has 0 spiro atoms. The monoisotopic (exact) mass is 384 g/mol. The maximum Gasteiger partial charge on any atom is 0.0716 e. The summed E-state index contributed by atoms with van der Waals surface area (Å²) >= 11 is 0. The lowest BCUT2D eigenvalue weighted by atomic mass is 9.99. The van der Waals surface area contributed by atoms with Gasteiger partial charge in [-0.3, -0.25) is 9.88 Å².